The van der Waals surface area contributed by atoms with Crippen molar-refractivity contribution in [2.24, 2.45) is 10.8 Å². The normalized spacial score (nSPS) is 14.3. The zero-order chi connectivity index (χ0) is 13.0. The lowest BCUT2D eigenvalue weighted by Gasteiger charge is -2.09. The molecule has 1 aromatic rings. The molecule has 0 amide bonds. The van der Waals surface area contributed by atoms with Crippen molar-refractivity contribution >= 4 is 39.5 Å². The van der Waals surface area contributed by atoms with Crippen LogP contribution in [0.2, 0.25) is 0 Å². The Bertz CT molecular complexity index is 493. The van der Waals surface area contributed by atoms with Crippen LogP contribution in [0.25, 0.3) is 0 Å². The van der Waals surface area contributed by atoms with Gasteiger partial charge in [0, 0.05) is 6.42 Å². The highest BCUT2D eigenvalue weighted by molar-refractivity contribution is 9.10. The van der Waals surface area contributed by atoms with E-state index in [1.54, 1.807) is 6.21 Å². The number of fused-ring (bicyclic) bond motifs is 1. The van der Waals surface area contributed by atoms with Crippen molar-refractivity contribution in [3.63, 3.8) is 0 Å². The van der Waals surface area contributed by atoms with Crippen LogP contribution in [-0.2, 0) is 0 Å². The van der Waals surface area contributed by atoms with Gasteiger partial charge in [0.25, 0.3) is 0 Å². The van der Waals surface area contributed by atoms with E-state index in [-0.39, 0.29) is 5.11 Å². The van der Waals surface area contributed by atoms with E-state index >= 15 is 0 Å². The summed E-state index contributed by atoms with van der Waals surface area (Å²) in [4.78, 5) is 0. The van der Waals surface area contributed by atoms with Crippen molar-refractivity contribution in [3.05, 3.63) is 22.2 Å². The number of thiocarbonyl (C=S) groups is 1. The van der Waals surface area contributed by atoms with E-state index in [1.165, 1.54) is 0 Å². The van der Waals surface area contributed by atoms with Gasteiger partial charge in [0.2, 0.25) is 0 Å². The molecule has 18 heavy (non-hydrogen) atoms. The first-order valence-electron chi connectivity index (χ1n) is 5.34. The summed E-state index contributed by atoms with van der Waals surface area (Å²) in [7, 11) is 0. The summed E-state index contributed by atoms with van der Waals surface area (Å²) < 4.78 is 12.0. The maximum absolute atomic E-state index is 5.61. The maximum atomic E-state index is 5.61. The molecule has 0 bridgehead atoms. The minimum atomic E-state index is 0.125. The molecule has 0 unspecified atom stereocenters. The van der Waals surface area contributed by atoms with Crippen LogP contribution in [0.4, 0.5) is 0 Å². The van der Waals surface area contributed by atoms with E-state index in [9.17, 15) is 0 Å². The zero-order valence-corrected chi connectivity index (χ0v) is 11.9. The monoisotopic (exact) mass is 329 g/mol. The number of nitrogens with zero attached hydrogens (tertiary/aromatic N) is 1. The predicted molar refractivity (Wildman–Crippen MR) is 77.3 cm³/mol. The van der Waals surface area contributed by atoms with Crippen LogP contribution in [0.5, 0.6) is 11.5 Å². The summed E-state index contributed by atoms with van der Waals surface area (Å²) in [5.74, 6) is 1.44. The Balaban J connectivity index is 2.23. The summed E-state index contributed by atoms with van der Waals surface area (Å²) in [6.45, 7) is 1.30. The Labute approximate surface area is 118 Å². The van der Waals surface area contributed by atoms with Crippen LogP contribution in [0.1, 0.15) is 12.0 Å². The number of halogens is 1. The summed E-state index contributed by atoms with van der Waals surface area (Å²) >= 11 is 8.10. The third-order valence-electron chi connectivity index (χ3n) is 2.21. The van der Waals surface area contributed by atoms with Gasteiger partial charge in [-0.05, 0) is 45.8 Å². The van der Waals surface area contributed by atoms with Crippen molar-refractivity contribution in [1.82, 2.24) is 5.43 Å². The SMILES string of the molecule is NC(=S)NN=Cc1cc(Br)c2c(c1)OCCCO2. The number of hydrogen-bond donors (Lipinski definition) is 2. The average molecular weight is 330 g/mol. The molecule has 1 aliphatic heterocycles. The lowest BCUT2D eigenvalue weighted by Crippen LogP contribution is -2.23. The Kier molecular flexibility index (Phi) is 4.38. The van der Waals surface area contributed by atoms with Crippen LogP contribution in [0.15, 0.2) is 21.7 Å². The van der Waals surface area contributed by atoms with Gasteiger partial charge in [-0.3, -0.25) is 5.43 Å². The molecule has 1 aliphatic rings. The van der Waals surface area contributed by atoms with Gasteiger partial charge in [0.05, 0.1) is 23.9 Å². The van der Waals surface area contributed by atoms with Crippen LogP contribution >= 0.6 is 28.1 Å². The molecule has 0 atom stereocenters. The first kappa shape index (κ1) is 13.1. The molecule has 5 nitrogen and oxygen atoms in total. The topological polar surface area (TPSA) is 68.9 Å². The van der Waals surface area contributed by atoms with E-state index in [4.69, 9.17) is 15.2 Å². The third-order valence-corrected chi connectivity index (χ3v) is 2.89. The van der Waals surface area contributed by atoms with E-state index in [0.717, 1.165) is 22.2 Å². The fraction of sp³-hybridized carbons (Fsp3) is 0.273. The van der Waals surface area contributed by atoms with Gasteiger partial charge in [0.1, 0.15) is 0 Å². The highest BCUT2D eigenvalue weighted by Gasteiger charge is 2.14. The van der Waals surface area contributed by atoms with Crippen molar-refractivity contribution in [1.29, 1.82) is 0 Å². The molecule has 1 aromatic carbocycles. The largest absolute Gasteiger partial charge is 0.489 e. The van der Waals surface area contributed by atoms with Gasteiger partial charge in [-0.1, -0.05) is 0 Å². The number of nitrogens with one attached hydrogen (secondary N) is 1. The molecule has 1 heterocycles. The van der Waals surface area contributed by atoms with Crippen LogP contribution in [-0.4, -0.2) is 24.5 Å². The predicted octanol–water partition coefficient (Wildman–Crippen LogP) is 1.78. The molecule has 0 fully saturated rings. The quantitative estimate of drug-likeness (QED) is 0.491. The zero-order valence-electron chi connectivity index (χ0n) is 9.48. The maximum Gasteiger partial charge on any atom is 0.184 e. The molecule has 7 heteroatoms. The van der Waals surface area contributed by atoms with Crippen molar-refractivity contribution < 1.29 is 9.47 Å². The van der Waals surface area contributed by atoms with Crippen molar-refractivity contribution in [3.8, 4) is 11.5 Å². The second-order valence-corrected chi connectivity index (χ2v) is 4.91. The van der Waals surface area contributed by atoms with Gasteiger partial charge in [0.15, 0.2) is 16.6 Å². The molecule has 0 saturated heterocycles. The van der Waals surface area contributed by atoms with E-state index < -0.39 is 0 Å². The third kappa shape index (κ3) is 3.33. The van der Waals surface area contributed by atoms with Gasteiger partial charge >= 0.3 is 0 Å². The van der Waals surface area contributed by atoms with Gasteiger partial charge in [-0.15, -0.1) is 0 Å². The molecule has 0 aliphatic carbocycles. The Morgan fingerprint density at radius 1 is 1.44 bits per heavy atom. The molecule has 0 radical (unpaired) electrons. The molecule has 96 valence electrons. The van der Waals surface area contributed by atoms with Crippen molar-refractivity contribution in [2.75, 3.05) is 13.2 Å². The standard InChI is InChI=1S/C11H12BrN3O2S/c12-8-4-7(6-14-15-11(13)18)5-9-10(8)17-3-1-2-16-9/h4-6H,1-3H2,(H3,13,15,18). The Morgan fingerprint density at radius 3 is 3.00 bits per heavy atom. The van der Waals surface area contributed by atoms with Crippen LogP contribution in [0.3, 0.4) is 0 Å². The highest BCUT2D eigenvalue weighted by atomic mass is 79.9. The van der Waals surface area contributed by atoms with Gasteiger partial charge < -0.3 is 15.2 Å². The fourth-order valence-electron chi connectivity index (χ4n) is 1.50. The highest BCUT2D eigenvalue weighted by Crippen LogP contribution is 2.37. The van der Waals surface area contributed by atoms with E-state index in [1.807, 2.05) is 12.1 Å². The molecule has 0 aromatic heterocycles. The number of hydrogen-bond acceptors (Lipinski definition) is 4. The van der Waals surface area contributed by atoms with Gasteiger partial charge in [-0.25, -0.2) is 0 Å². The first-order valence-corrected chi connectivity index (χ1v) is 6.54. The average Bonchev–Trinajstić information content (AvgIpc) is 2.54. The molecular formula is C11H12BrN3O2S. The van der Waals surface area contributed by atoms with E-state index in [0.29, 0.717) is 19.0 Å². The number of rotatable bonds is 2. The van der Waals surface area contributed by atoms with Crippen molar-refractivity contribution in [2.45, 2.75) is 6.42 Å². The summed E-state index contributed by atoms with van der Waals surface area (Å²) in [6.07, 6.45) is 2.48. The first-order chi connectivity index (χ1) is 8.66. The number of ether oxygens (including phenoxy) is 2. The smallest absolute Gasteiger partial charge is 0.184 e. The number of nitrogens with two attached hydrogens (primary N) is 1. The molecule has 0 saturated carbocycles. The molecule has 3 N–H and O–H groups in total. The Hall–Kier alpha value is -1.34. The molecular weight excluding hydrogens is 318 g/mol. The minimum absolute atomic E-state index is 0.125. The number of benzene rings is 1. The Morgan fingerprint density at radius 2 is 2.22 bits per heavy atom. The second-order valence-electron chi connectivity index (χ2n) is 3.61. The molecule has 0 spiro atoms. The van der Waals surface area contributed by atoms with Crippen LogP contribution < -0.4 is 20.6 Å². The fourth-order valence-corrected chi connectivity index (χ4v) is 2.12. The van der Waals surface area contributed by atoms with Gasteiger partial charge in [-0.2, -0.15) is 5.10 Å². The summed E-state index contributed by atoms with van der Waals surface area (Å²) in [5, 5.41) is 4.02. The lowest BCUT2D eigenvalue weighted by molar-refractivity contribution is 0.296. The minimum Gasteiger partial charge on any atom is -0.489 e. The van der Waals surface area contributed by atoms with Crippen LogP contribution in [0, 0.1) is 0 Å². The summed E-state index contributed by atoms with van der Waals surface area (Å²) in [5.41, 5.74) is 8.62. The lowest BCUT2D eigenvalue weighted by atomic mass is 10.2. The molecule has 2 rings (SSSR count). The second kappa shape index (κ2) is 6.01. The number of hydrazone groups is 1. The van der Waals surface area contributed by atoms with E-state index in [2.05, 4.69) is 38.7 Å². The summed E-state index contributed by atoms with van der Waals surface area (Å²) in [6, 6.07) is 3.74.